The lowest BCUT2D eigenvalue weighted by Gasteiger charge is -2.05. The fraction of sp³-hybridized carbons (Fsp3) is 0.0833. The molecule has 2 aromatic heterocycles. The van der Waals surface area contributed by atoms with E-state index in [0.29, 0.717) is 16.7 Å². The van der Waals surface area contributed by atoms with Gasteiger partial charge in [-0.05, 0) is 31.2 Å². The van der Waals surface area contributed by atoms with Crippen molar-refractivity contribution in [1.29, 1.82) is 0 Å². The predicted octanol–water partition coefficient (Wildman–Crippen LogP) is 0.999. The SMILES string of the molecule is Cc1n[nH]c(=O)c2ncn(-c3ccc(N)cc3)c12. The molecule has 3 rings (SSSR count). The van der Waals surface area contributed by atoms with E-state index in [1.54, 1.807) is 18.5 Å². The summed E-state index contributed by atoms with van der Waals surface area (Å²) in [7, 11) is 0. The Morgan fingerprint density at radius 3 is 2.72 bits per heavy atom. The Balaban J connectivity index is 2.34. The van der Waals surface area contributed by atoms with Crippen LogP contribution in [0.1, 0.15) is 5.69 Å². The minimum Gasteiger partial charge on any atom is -0.399 e. The molecule has 0 saturated carbocycles. The fourth-order valence-electron chi connectivity index (χ4n) is 1.93. The number of fused-ring (bicyclic) bond motifs is 1. The van der Waals surface area contributed by atoms with E-state index in [-0.39, 0.29) is 5.56 Å². The third-order valence-corrected chi connectivity index (χ3v) is 2.82. The Hall–Kier alpha value is -2.63. The van der Waals surface area contributed by atoms with Crippen molar-refractivity contribution in [1.82, 2.24) is 19.7 Å². The molecule has 0 radical (unpaired) electrons. The molecule has 3 N–H and O–H groups in total. The van der Waals surface area contributed by atoms with Gasteiger partial charge in [0.25, 0.3) is 5.56 Å². The van der Waals surface area contributed by atoms with E-state index in [1.807, 2.05) is 23.6 Å². The maximum Gasteiger partial charge on any atom is 0.292 e. The fourth-order valence-corrected chi connectivity index (χ4v) is 1.93. The number of hydrogen-bond donors (Lipinski definition) is 2. The third kappa shape index (κ3) is 1.46. The standard InChI is InChI=1S/C12H11N5O/c1-7-11-10(12(18)16-15-7)14-6-17(11)9-4-2-8(13)3-5-9/h2-6H,13H2,1H3,(H,16,18). The molecule has 0 atom stereocenters. The van der Waals surface area contributed by atoms with Crippen molar-refractivity contribution in [2.24, 2.45) is 0 Å². The van der Waals surface area contributed by atoms with E-state index in [9.17, 15) is 4.79 Å². The molecule has 0 amide bonds. The van der Waals surface area contributed by atoms with Crippen molar-refractivity contribution < 1.29 is 0 Å². The first-order valence-electron chi connectivity index (χ1n) is 5.45. The lowest BCUT2D eigenvalue weighted by molar-refractivity contribution is 0.956. The van der Waals surface area contributed by atoms with Gasteiger partial charge in [-0.3, -0.25) is 9.36 Å². The van der Waals surface area contributed by atoms with Crippen LogP contribution in [-0.4, -0.2) is 19.7 Å². The van der Waals surface area contributed by atoms with Crippen LogP contribution in [0.4, 0.5) is 5.69 Å². The van der Waals surface area contributed by atoms with Crippen LogP contribution in [0.15, 0.2) is 35.4 Å². The maximum absolute atomic E-state index is 11.6. The van der Waals surface area contributed by atoms with Gasteiger partial charge in [0.05, 0.1) is 5.69 Å². The van der Waals surface area contributed by atoms with E-state index in [0.717, 1.165) is 11.4 Å². The van der Waals surface area contributed by atoms with E-state index in [2.05, 4.69) is 15.2 Å². The van der Waals surface area contributed by atoms with Gasteiger partial charge < -0.3 is 5.73 Å². The zero-order valence-electron chi connectivity index (χ0n) is 9.71. The van der Waals surface area contributed by atoms with E-state index in [1.165, 1.54) is 0 Å². The highest BCUT2D eigenvalue weighted by Gasteiger charge is 2.11. The Morgan fingerprint density at radius 1 is 1.28 bits per heavy atom. The second kappa shape index (κ2) is 3.69. The van der Waals surface area contributed by atoms with Gasteiger partial charge in [0.1, 0.15) is 11.8 Å². The number of nitrogen functional groups attached to an aromatic ring is 1. The van der Waals surface area contributed by atoms with Gasteiger partial charge in [-0.25, -0.2) is 10.1 Å². The van der Waals surface area contributed by atoms with Gasteiger partial charge in [0.15, 0.2) is 5.52 Å². The first-order valence-corrected chi connectivity index (χ1v) is 5.45. The third-order valence-electron chi connectivity index (χ3n) is 2.82. The molecule has 18 heavy (non-hydrogen) atoms. The summed E-state index contributed by atoms with van der Waals surface area (Å²) >= 11 is 0. The summed E-state index contributed by atoms with van der Waals surface area (Å²) in [6.07, 6.45) is 1.61. The van der Waals surface area contributed by atoms with Crippen molar-refractivity contribution in [3.63, 3.8) is 0 Å². The smallest absolute Gasteiger partial charge is 0.292 e. The molecule has 2 heterocycles. The first-order chi connectivity index (χ1) is 8.66. The molecular weight excluding hydrogens is 230 g/mol. The Labute approximate surface area is 102 Å². The molecule has 6 heteroatoms. The number of nitrogens with one attached hydrogen (secondary N) is 1. The van der Waals surface area contributed by atoms with E-state index in [4.69, 9.17) is 5.73 Å². The average molecular weight is 241 g/mol. The van der Waals surface area contributed by atoms with Crippen LogP contribution in [-0.2, 0) is 0 Å². The second-order valence-electron chi connectivity index (χ2n) is 4.04. The quantitative estimate of drug-likeness (QED) is 0.622. The number of aromatic nitrogens is 4. The topological polar surface area (TPSA) is 89.6 Å². The van der Waals surface area contributed by atoms with Crippen LogP contribution in [0.5, 0.6) is 0 Å². The number of anilines is 1. The number of aryl methyl sites for hydroxylation is 1. The highest BCUT2D eigenvalue weighted by Crippen LogP contribution is 2.18. The highest BCUT2D eigenvalue weighted by atomic mass is 16.1. The number of H-pyrrole nitrogens is 1. The van der Waals surface area contributed by atoms with Crippen LogP contribution >= 0.6 is 0 Å². The zero-order chi connectivity index (χ0) is 12.7. The normalized spacial score (nSPS) is 10.9. The van der Waals surface area contributed by atoms with Gasteiger partial charge in [-0.1, -0.05) is 0 Å². The highest BCUT2D eigenvalue weighted by molar-refractivity contribution is 5.78. The number of nitrogens with zero attached hydrogens (tertiary/aromatic N) is 3. The van der Waals surface area contributed by atoms with Crippen molar-refractivity contribution in [2.75, 3.05) is 5.73 Å². The zero-order valence-corrected chi connectivity index (χ0v) is 9.71. The van der Waals surface area contributed by atoms with Crippen molar-refractivity contribution >= 4 is 16.7 Å². The molecular formula is C12H11N5O. The minimum absolute atomic E-state index is 0.287. The van der Waals surface area contributed by atoms with E-state index < -0.39 is 0 Å². The van der Waals surface area contributed by atoms with E-state index >= 15 is 0 Å². The van der Waals surface area contributed by atoms with Crippen molar-refractivity contribution in [3.8, 4) is 5.69 Å². The summed E-state index contributed by atoms with van der Waals surface area (Å²) < 4.78 is 1.83. The predicted molar refractivity (Wildman–Crippen MR) is 68.6 cm³/mol. The number of rotatable bonds is 1. The van der Waals surface area contributed by atoms with Gasteiger partial charge in [-0.15, -0.1) is 0 Å². The number of imidazole rings is 1. The number of aromatic amines is 1. The number of hydrogen-bond acceptors (Lipinski definition) is 4. The summed E-state index contributed by atoms with van der Waals surface area (Å²) in [5.74, 6) is 0. The molecule has 0 saturated heterocycles. The molecule has 0 aliphatic carbocycles. The van der Waals surface area contributed by atoms with Gasteiger partial charge in [0, 0.05) is 11.4 Å². The largest absolute Gasteiger partial charge is 0.399 e. The van der Waals surface area contributed by atoms with Crippen molar-refractivity contribution in [3.05, 3.63) is 46.6 Å². The molecule has 6 nitrogen and oxygen atoms in total. The van der Waals surface area contributed by atoms with Gasteiger partial charge in [-0.2, -0.15) is 5.10 Å². The molecule has 0 unspecified atom stereocenters. The number of benzene rings is 1. The summed E-state index contributed by atoms with van der Waals surface area (Å²) in [4.78, 5) is 15.7. The van der Waals surface area contributed by atoms with Crippen LogP contribution in [0.3, 0.4) is 0 Å². The number of nitrogens with two attached hydrogens (primary N) is 1. The molecule has 3 aromatic rings. The molecule has 90 valence electrons. The Bertz CT molecular complexity index is 769. The van der Waals surface area contributed by atoms with Crippen LogP contribution in [0.2, 0.25) is 0 Å². The Morgan fingerprint density at radius 2 is 2.00 bits per heavy atom. The first kappa shape index (κ1) is 10.5. The molecule has 0 aliphatic heterocycles. The summed E-state index contributed by atoms with van der Waals surface area (Å²) in [6.45, 7) is 1.83. The summed E-state index contributed by atoms with van der Waals surface area (Å²) in [5, 5.41) is 6.37. The maximum atomic E-state index is 11.6. The average Bonchev–Trinajstić information content (AvgIpc) is 2.81. The lowest BCUT2D eigenvalue weighted by atomic mass is 10.2. The Kier molecular flexibility index (Phi) is 2.16. The van der Waals surface area contributed by atoms with Crippen LogP contribution in [0, 0.1) is 6.92 Å². The summed E-state index contributed by atoms with van der Waals surface area (Å²) in [5.41, 5.74) is 8.77. The molecule has 0 spiro atoms. The minimum atomic E-state index is -0.287. The van der Waals surface area contributed by atoms with Gasteiger partial charge >= 0.3 is 0 Å². The van der Waals surface area contributed by atoms with Crippen LogP contribution in [0.25, 0.3) is 16.7 Å². The molecule has 1 aromatic carbocycles. The molecule has 0 fully saturated rings. The van der Waals surface area contributed by atoms with Crippen LogP contribution < -0.4 is 11.3 Å². The molecule has 0 bridgehead atoms. The van der Waals surface area contributed by atoms with Gasteiger partial charge in [0.2, 0.25) is 0 Å². The lowest BCUT2D eigenvalue weighted by Crippen LogP contribution is -2.10. The molecule has 0 aliphatic rings. The second-order valence-corrected chi connectivity index (χ2v) is 4.04. The van der Waals surface area contributed by atoms with Crippen molar-refractivity contribution in [2.45, 2.75) is 6.92 Å². The summed E-state index contributed by atoms with van der Waals surface area (Å²) in [6, 6.07) is 7.35. The monoisotopic (exact) mass is 241 g/mol.